The van der Waals surface area contributed by atoms with Crippen molar-refractivity contribution in [3.05, 3.63) is 102 Å². The summed E-state index contributed by atoms with van der Waals surface area (Å²) in [6, 6.07) is 14.1. The van der Waals surface area contributed by atoms with Crippen molar-refractivity contribution in [2.45, 2.75) is 154 Å². The maximum absolute atomic E-state index is 13.1. The maximum Gasteiger partial charge on any atom is 0.410 e. The number of carbonyl (C=O) groups is 4. The number of aromatic nitrogens is 6. The number of aryl methyl sites for hydroxylation is 2. The number of halogens is 4. The molecule has 17 nitrogen and oxygen atoms in total. The first-order valence-electron chi connectivity index (χ1n) is 24.1. The number of carboxylic acids is 1. The molecule has 0 radical (unpaired) electrons. The van der Waals surface area contributed by atoms with E-state index >= 15 is 0 Å². The van der Waals surface area contributed by atoms with Crippen LogP contribution in [0.4, 0.5) is 22.4 Å². The molecule has 74 heavy (non-hydrogen) atoms. The van der Waals surface area contributed by atoms with Gasteiger partial charge in [0.25, 0.3) is 17.8 Å². The summed E-state index contributed by atoms with van der Waals surface area (Å²) in [5.41, 5.74) is 4.80. The van der Waals surface area contributed by atoms with Gasteiger partial charge in [0.2, 0.25) is 0 Å². The van der Waals surface area contributed by atoms with Gasteiger partial charge >= 0.3 is 6.09 Å². The van der Waals surface area contributed by atoms with Crippen molar-refractivity contribution in [2.75, 3.05) is 32.8 Å². The molecule has 3 N–H and O–H groups in total. The number of aliphatic hydroxyl groups is 1. The van der Waals surface area contributed by atoms with E-state index in [-0.39, 0.29) is 111 Å². The zero-order valence-corrected chi connectivity index (χ0v) is 44.8. The number of ether oxygens (including phenoxy) is 3. The minimum atomic E-state index is -2.66. The molecule has 8 rings (SSSR count). The summed E-state index contributed by atoms with van der Waals surface area (Å²) in [7, 11) is 0. The number of Topliss-reactive ketones (excluding diaryl/α,β-unsaturated/α-hetero) is 2. The Morgan fingerprint density at radius 3 is 1.51 bits per heavy atom. The number of carboxylic acid groups (broad SMARTS) is 1. The zero-order valence-electron chi connectivity index (χ0n) is 43.2. The molecule has 6 heterocycles. The number of aliphatic hydroxyl groups excluding tert-OH is 1. The van der Waals surface area contributed by atoms with E-state index in [9.17, 15) is 31.9 Å². The summed E-state index contributed by atoms with van der Waals surface area (Å²) in [6.07, 6.45) is -0.150. The number of nitrogens with one attached hydrogen (secondary N) is 1. The molecule has 2 aliphatic heterocycles. The normalized spacial score (nSPS) is 18.4. The fraction of sp³-hybridized carbons (Fsp3) is 0.558. The molecule has 412 valence electrons. The summed E-state index contributed by atoms with van der Waals surface area (Å²) >= 11 is 0. The first kappa shape index (κ1) is 62.7. The number of amides is 1. The molecule has 2 atom stereocenters. The Labute approximate surface area is 445 Å². The summed E-state index contributed by atoms with van der Waals surface area (Å²) in [6.45, 7) is 15.1. The number of carbonyl (C=O) groups excluding carboxylic acids is 3. The van der Waals surface area contributed by atoms with Gasteiger partial charge in [0, 0.05) is 141 Å². The van der Waals surface area contributed by atoms with Crippen LogP contribution in [0.15, 0.2) is 48.5 Å². The second kappa shape index (κ2) is 28.4. The first-order chi connectivity index (χ1) is 33.9. The predicted molar refractivity (Wildman–Crippen MR) is 264 cm³/mol. The number of aliphatic carboxylic acids is 1. The number of pyridine rings is 2. The Morgan fingerprint density at radius 1 is 0.730 bits per heavy atom. The summed E-state index contributed by atoms with van der Waals surface area (Å²) < 4.78 is 68.8. The second-order valence-electron chi connectivity index (χ2n) is 19.5. The molecular formula is C52H71F4N8O9Pd-. The van der Waals surface area contributed by atoms with Crippen LogP contribution < -0.4 is 14.8 Å². The van der Waals surface area contributed by atoms with E-state index in [0.717, 1.165) is 44.2 Å². The van der Waals surface area contributed by atoms with Gasteiger partial charge in [0.1, 0.15) is 40.9 Å². The van der Waals surface area contributed by atoms with Gasteiger partial charge in [-0.2, -0.15) is 20.4 Å². The van der Waals surface area contributed by atoms with Crippen molar-refractivity contribution >= 4 is 23.6 Å². The molecule has 1 amide bonds. The SMILES string of the molecule is CC(=O)O.CCO.Cc1cc(OC2CC(F)(F)C2)cc(CC(=O)Cc2ccc(C3CCN(C(=O)OC(C)(C)C)C3)nn2)n1.Cc1cc(OC2CC(F)(F)C2)cc(CC(=O)Cc2ccc(C3CCNC3)nn2)n1.[CH3-].[HH].[Pd]. The van der Waals surface area contributed by atoms with Gasteiger partial charge in [-0.3, -0.25) is 24.4 Å². The topological polar surface area (TPSA) is 229 Å². The molecular weight excluding hydrogens is 1060 g/mol. The van der Waals surface area contributed by atoms with Gasteiger partial charge in [-0.1, -0.05) is 0 Å². The Balaban J connectivity index is 0.000000447. The number of likely N-dealkylation sites (tertiary alicyclic amines) is 1. The average molecular weight is 1130 g/mol. The third kappa shape index (κ3) is 21.4. The Bertz CT molecular complexity index is 2450. The number of alkyl halides is 4. The number of ketones is 2. The number of hydrogen-bond acceptors (Lipinski definition) is 15. The molecule has 4 aromatic heterocycles. The predicted octanol–water partition coefficient (Wildman–Crippen LogP) is 8.01. The van der Waals surface area contributed by atoms with Crippen molar-refractivity contribution in [1.82, 2.24) is 40.6 Å². The maximum atomic E-state index is 13.1. The fourth-order valence-electron chi connectivity index (χ4n) is 8.19. The van der Waals surface area contributed by atoms with Crippen LogP contribution in [0.1, 0.15) is 132 Å². The second-order valence-corrected chi connectivity index (χ2v) is 19.5. The van der Waals surface area contributed by atoms with Crippen molar-refractivity contribution < 1.29 is 83.0 Å². The van der Waals surface area contributed by atoms with E-state index in [0.29, 0.717) is 64.7 Å². The van der Waals surface area contributed by atoms with Gasteiger partial charge in [0.05, 0.1) is 47.0 Å². The van der Waals surface area contributed by atoms with Crippen LogP contribution in [0.2, 0.25) is 0 Å². The number of hydrogen-bond donors (Lipinski definition) is 3. The van der Waals surface area contributed by atoms with E-state index in [1.807, 2.05) is 39.0 Å². The van der Waals surface area contributed by atoms with Crippen LogP contribution in [0.3, 0.4) is 0 Å². The smallest absolute Gasteiger partial charge is 0.410 e. The van der Waals surface area contributed by atoms with Gasteiger partial charge in [-0.05, 0) is 85.2 Å². The van der Waals surface area contributed by atoms with E-state index < -0.39 is 35.6 Å². The Kier molecular flexibility index (Phi) is 24.1. The van der Waals surface area contributed by atoms with Crippen LogP contribution in [-0.4, -0.2) is 132 Å². The van der Waals surface area contributed by atoms with E-state index in [4.69, 9.17) is 29.2 Å². The third-order valence-electron chi connectivity index (χ3n) is 11.4. The van der Waals surface area contributed by atoms with E-state index in [1.54, 1.807) is 56.0 Å². The minimum Gasteiger partial charge on any atom is -0.490 e. The molecule has 0 bridgehead atoms. The molecule has 4 fully saturated rings. The van der Waals surface area contributed by atoms with Crippen LogP contribution in [0.25, 0.3) is 0 Å². The molecule has 0 spiro atoms. The monoisotopic (exact) mass is 1130 g/mol. The summed E-state index contributed by atoms with van der Waals surface area (Å²) in [5.74, 6) is -4.85. The first-order valence-corrected chi connectivity index (χ1v) is 24.1. The van der Waals surface area contributed by atoms with Crippen molar-refractivity contribution in [1.29, 1.82) is 0 Å². The zero-order chi connectivity index (χ0) is 52.8. The largest absolute Gasteiger partial charge is 0.490 e. The molecule has 2 aliphatic carbocycles. The summed E-state index contributed by atoms with van der Waals surface area (Å²) in [4.78, 5) is 56.8. The third-order valence-corrected chi connectivity index (χ3v) is 11.4. The minimum absolute atomic E-state index is 0. The Morgan fingerprint density at radius 2 is 1.15 bits per heavy atom. The molecule has 4 aliphatic rings. The average Bonchev–Trinajstić information content (AvgIpc) is 3.97. The number of nitrogens with zero attached hydrogens (tertiary/aromatic N) is 7. The van der Waals surface area contributed by atoms with E-state index in [2.05, 4.69) is 35.7 Å². The standard InChI is InChI=1S/C26H32F2N4O4.C21H24F2N4O2.C2H4O2.C2H6O.CH3.Pd.H2/c1-16-9-21(35-22-13-26(27,28)14-22)12-19(29-16)11-20(33)10-18-5-6-23(31-30-18)17-7-8-32(15-17)24(34)36-25(2,3)4;1-13-6-18(29-19-10-21(22,23)11-19)9-16(25-13)8-17(28)7-15-2-3-20(27-26-15)14-4-5-24-12-14;1-2(3)4;1-2-3;;;/h5-6,9,12,17,22H,7-8,10-11,13-15H2,1-4H3;2-3,6,9,14,19,24H,4-5,7-8,10-12H2,1H3;1H3,(H,3,4);3H,2H2,1H3;1H3;;1H/q;;;;-1;;. The molecule has 0 aromatic carbocycles. The van der Waals surface area contributed by atoms with Crippen LogP contribution in [0.5, 0.6) is 11.5 Å². The molecule has 4 aromatic rings. The van der Waals surface area contributed by atoms with Crippen LogP contribution in [0, 0.1) is 21.3 Å². The van der Waals surface area contributed by atoms with Gasteiger partial charge in [-0.15, -0.1) is 0 Å². The number of rotatable bonds is 14. The van der Waals surface area contributed by atoms with Gasteiger partial charge in [-0.25, -0.2) is 22.4 Å². The van der Waals surface area contributed by atoms with Crippen LogP contribution >= 0.6 is 0 Å². The fourth-order valence-corrected chi connectivity index (χ4v) is 8.19. The van der Waals surface area contributed by atoms with Crippen molar-refractivity contribution in [3.63, 3.8) is 0 Å². The molecule has 2 unspecified atom stereocenters. The summed E-state index contributed by atoms with van der Waals surface area (Å²) in [5, 5.41) is 35.3. The Hall–Kier alpha value is -5.56. The van der Waals surface area contributed by atoms with Gasteiger partial charge < -0.3 is 42.1 Å². The van der Waals surface area contributed by atoms with Crippen molar-refractivity contribution in [2.24, 2.45) is 0 Å². The van der Waals surface area contributed by atoms with Crippen molar-refractivity contribution in [3.8, 4) is 11.5 Å². The van der Waals surface area contributed by atoms with E-state index in [1.165, 1.54) is 0 Å². The molecule has 2 saturated heterocycles. The van der Waals surface area contributed by atoms with Gasteiger partial charge in [0.15, 0.2) is 0 Å². The molecule has 2 saturated carbocycles. The van der Waals surface area contributed by atoms with Crippen LogP contribution in [-0.2, 0) is 65.2 Å². The molecule has 22 heteroatoms. The quantitative estimate of drug-likeness (QED) is 0.0617.